The Kier molecular flexibility index (Phi) is 3.96. The van der Waals surface area contributed by atoms with Crippen molar-refractivity contribution in [1.82, 2.24) is 0 Å². The van der Waals surface area contributed by atoms with Crippen LogP contribution in [0.15, 0.2) is 24.3 Å². The molecule has 2 nitrogen and oxygen atoms in total. The Labute approximate surface area is 109 Å². The lowest BCUT2D eigenvalue weighted by Gasteiger charge is -2.25. The molecule has 0 amide bonds. The second kappa shape index (κ2) is 5.85. The SMILES string of the molecule is c1cc(C2OCCCO2)ccc1C1CCCCC1. The van der Waals surface area contributed by atoms with Gasteiger partial charge in [0.05, 0.1) is 13.2 Å². The van der Waals surface area contributed by atoms with Gasteiger partial charge < -0.3 is 9.47 Å². The van der Waals surface area contributed by atoms with Crippen LogP contribution >= 0.6 is 0 Å². The van der Waals surface area contributed by atoms with Crippen LogP contribution in [-0.2, 0) is 9.47 Å². The largest absolute Gasteiger partial charge is 0.348 e. The number of rotatable bonds is 2. The highest BCUT2D eigenvalue weighted by molar-refractivity contribution is 5.26. The predicted octanol–water partition coefficient (Wildman–Crippen LogP) is 4.17. The van der Waals surface area contributed by atoms with Crippen molar-refractivity contribution in [3.05, 3.63) is 35.4 Å². The van der Waals surface area contributed by atoms with Crippen molar-refractivity contribution in [2.75, 3.05) is 13.2 Å². The Morgan fingerprint density at radius 3 is 2.00 bits per heavy atom. The summed E-state index contributed by atoms with van der Waals surface area (Å²) in [5, 5.41) is 0. The first-order valence-electron chi connectivity index (χ1n) is 7.26. The first kappa shape index (κ1) is 12.2. The highest BCUT2D eigenvalue weighted by Gasteiger charge is 2.18. The lowest BCUT2D eigenvalue weighted by Crippen LogP contribution is -2.17. The van der Waals surface area contributed by atoms with Gasteiger partial charge in [0.25, 0.3) is 0 Å². The monoisotopic (exact) mass is 246 g/mol. The first-order valence-corrected chi connectivity index (χ1v) is 7.26. The number of hydrogen-bond donors (Lipinski definition) is 0. The van der Waals surface area contributed by atoms with Crippen molar-refractivity contribution in [2.24, 2.45) is 0 Å². The van der Waals surface area contributed by atoms with Crippen LogP contribution in [-0.4, -0.2) is 13.2 Å². The molecule has 0 aromatic heterocycles. The summed E-state index contributed by atoms with van der Waals surface area (Å²) in [4.78, 5) is 0. The van der Waals surface area contributed by atoms with Gasteiger partial charge in [-0.15, -0.1) is 0 Å². The number of hydrogen-bond acceptors (Lipinski definition) is 2. The molecular weight excluding hydrogens is 224 g/mol. The Balaban J connectivity index is 1.67. The highest BCUT2D eigenvalue weighted by atomic mass is 16.7. The van der Waals surface area contributed by atoms with E-state index in [1.54, 1.807) is 0 Å². The zero-order chi connectivity index (χ0) is 12.2. The first-order chi connectivity index (χ1) is 8.93. The molecule has 0 bridgehead atoms. The minimum Gasteiger partial charge on any atom is -0.348 e. The number of benzene rings is 1. The fourth-order valence-electron chi connectivity index (χ4n) is 3.04. The molecule has 1 saturated heterocycles. The van der Waals surface area contributed by atoms with Crippen molar-refractivity contribution >= 4 is 0 Å². The molecule has 2 heteroatoms. The Bertz CT molecular complexity index is 322. The average molecular weight is 246 g/mol. The van der Waals surface area contributed by atoms with E-state index in [9.17, 15) is 0 Å². The fraction of sp³-hybridized carbons (Fsp3) is 0.625. The van der Waals surface area contributed by atoms with Gasteiger partial charge >= 0.3 is 0 Å². The zero-order valence-corrected chi connectivity index (χ0v) is 10.9. The maximum absolute atomic E-state index is 5.63. The minimum atomic E-state index is -0.140. The summed E-state index contributed by atoms with van der Waals surface area (Å²) in [6.07, 6.45) is 7.78. The standard InChI is InChI=1S/C16H22O2/c1-2-5-13(6-3-1)14-7-9-15(10-8-14)16-17-11-4-12-18-16/h7-10,13,16H,1-6,11-12H2. The molecule has 1 aliphatic heterocycles. The van der Waals surface area contributed by atoms with Crippen LogP contribution in [0.5, 0.6) is 0 Å². The topological polar surface area (TPSA) is 18.5 Å². The van der Waals surface area contributed by atoms with Crippen LogP contribution in [0.2, 0.25) is 0 Å². The van der Waals surface area contributed by atoms with Crippen LogP contribution in [0, 0.1) is 0 Å². The predicted molar refractivity (Wildman–Crippen MR) is 71.5 cm³/mol. The Hall–Kier alpha value is -0.860. The van der Waals surface area contributed by atoms with E-state index in [2.05, 4.69) is 24.3 Å². The molecule has 0 spiro atoms. The summed E-state index contributed by atoms with van der Waals surface area (Å²) < 4.78 is 11.3. The summed E-state index contributed by atoms with van der Waals surface area (Å²) >= 11 is 0. The van der Waals surface area contributed by atoms with E-state index < -0.39 is 0 Å². The lowest BCUT2D eigenvalue weighted by atomic mass is 9.84. The summed E-state index contributed by atoms with van der Waals surface area (Å²) in [6, 6.07) is 8.90. The molecular formula is C16H22O2. The minimum absolute atomic E-state index is 0.140. The van der Waals surface area contributed by atoms with E-state index in [0.29, 0.717) is 0 Å². The van der Waals surface area contributed by atoms with Crippen molar-refractivity contribution in [3.8, 4) is 0 Å². The molecule has 2 fully saturated rings. The third kappa shape index (κ3) is 2.76. The van der Waals surface area contributed by atoms with Crippen LogP contribution in [0.1, 0.15) is 61.9 Å². The third-order valence-corrected chi connectivity index (χ3v) is 4.11. The summed E-state index contributed by atoms with van der Waals surface area (Å²) in [7, 11) is 0. The van der Waals surface area contributed by atoms with E-state index in [1.807, 2.05) is 0 Å². The van der Waals surface area contributed by atoms with Gasteiger partial charge in [0.15, 0.2) is 6.29 Å². The van der Waals surface area contributed by atoms with E-state index in [0.717, 1.165) is 31.1 Å². The van der Waals surface area contributed by atoms with Crippen molar-refractivity contribution in [3.63, 3.8) is 0 Å². The zero-order valence-electron chi connectivity index (χ0n) is 10.9. The van der Waals surface area contributed by atoms with E-state index in [1.165, 1.54) is 37.7 Å². The van der Waals surface area contributed by atoms with Crippen LogP contribution in [0.4, 0.5) is 0 Å². The van der Waals surface area contributed by atoms with Gasteiger partial charge in [-0.25, -0.2) is 0 Å². The maximum Gasteiger partial charge on any atom is 0.183 e. The molecule has 18 heavy (non-hydrogen) atoms. The Morgan fingerprint density at radius 2 is 1.33 bits per heavy atom. The summed E-state index contributed by atoms with van der Waals surface area (Å²) in [5.74, 6) is 0.779. The molecule has 0 N–H and O–H groups in total. The number of ether oxygens (including phenoxy) is 2. The smallest absolute Gasteiger partial charge is 0.183 e. The van der Waals surface area contributed by atoms with Crippen LogP contribution in [0.3, 0.4) is 0 Å². The summed E-state index contributed by atoms with van der Waals surface area (Å²) in [6.45, 7) is 1.63. The van der Waals surface area contributed by atoms with Crippen LogP contribution in [0.25, 0.3) is 0 Å². The fourth-order valence-corrected chi connectivity index (χ4v) is 3.04. The Morgan fingerprint density at radius 1 is 0.722 bits per heavy atom. The van der Waals surface area contributed by atoms with E-state index in [4.69, 9.17) is 9.47 Å². The van der Waals surface area contributed by atoms with Gasteiger partial charge in [0, 0.05) is 5.56 Å². The molecule has 98 valence electrons. The molecule has 1 aromatic rings. The third-order valence-electron chi connectivity index (χ3n) is 4.11. The van der Waals surface area contributed by atoms with Gasteiger partial charge in [0.2, 0.25) is 0 Å². The van der Waals surface area contributed by atoms with Gasteiger partial charge in [-0.3, -0.25) is 0 Å². The normalized spacial score (nSPS) is 23.1. The van der Waals surface area contributed by atoms with E-state index in [-0.39, 0.29) is 6.29 Å². The van der Waals surface area contributed by atoms with Crippen molar-refractivity contribution < 1.29 is 9.47 Å². The molecule has 1 heterocycles. The lowest BCUT2D eigenvalue weighted by molar-refractivity contribution is -0.183. The van der Waals surface area contributed by atoms with Crippen LogP contribution < -0.4 is 0 Å². The molecule has 0 radical (unpaired) electrons. The highest BCUT2D eigenvalue weighted by Crippen LogP contribution is 2.33. The molecule has 2 aliphatic rings. The molecule has 1 aliphatic carbocycles. The maximum atomic E-state index is 5.63. The second-order valence-electron chi connectivity index (χ2n) is 5.43. The van der Waals surface area contributed by atoms with Gasteiger partial charge in [-0.05, 0) is 30.7 Å². The molecule has 0 atom stereocenters. The summed E-state index contributed by atoms with van der Waals surface area (Å²) in [5.41, 5.74) is 2.66. The average Bonchev–Trinajstić information content (AvgIpc) is 2.49. The molecule has 3 rings (SSSR count). The van der Waals surface area contributed by atoms with Crippen molar-refractivity contribution in [1.29, 1.82) is 0 Å². The van der Waals surface area contributed by atoms with Gasteiger partial charge in [0.1, 0.15) is 0 Å². The molecule has 0 unspecified atom stereocenters. The van der Waals surface area contributed by atoms with Gasteiger partial charge in [-0.1, -0.05) is 43.5 Å². The van der Waals surface area contributed by atoms with Crippen molar-refractivity contribution in [2.45, 2.75) is 50.7 Å². The quantitative estimate of drug-likeness (QED) is 0.779. The second-order valence-corrected chi connectivity index (χ2v) is 5.43. The molecule has 1 saturated carbocycles. The van der Waals surface area contributed by atoms with Gasteiger partial charge in [-0.2, -0.15) is 0 Å². The van der Waals surface area contributed by atoms with E-state index >= 15 is 0 Å². The molecule has 1 aromatic carbocycles.